The quantitative estimate of drug-likeness (QED) is 0.918. The van der Waals surface area contributed by atoms with Crippen LogP contribution in [0, 0.1) is 5.41 Å². The Bertz CT molecular complexity index is 388. The molecule has 110 valence electrons. The molecule has 0 aromatic carbocycles. The topological polar surface area (TPSA) is 33.1 Å². The lowest BCUT2D eigenvalue weighted by atomic mass is 9.87. The number of nitrogens with zero attached hydrogens (tertiary/aromatic N) is 3. The van der Waals surface area contributed by atoms with Crippen molar-refractivity contribution in [1.82, 2.24) is 20.0 Å². The first kappa shape index (κ1) is 16.8. The van der Waals surface area contributed by atoms with Crippen LogP contribution in [0.15, 0.2) is 12.4 Å². The second kappa shape index (κ2) is 6.93. The molecule has 1 N–H and O–H groups in total. The fourth-order valence-electron chi connectivity index (χ4n) is 3.25. The van der Waals surface area contributed by atoms with Gasteiger partial charge in [-0.2, -0.15) is 5.10 Å². The highest BCUT2D eigenvalue weighted by Crippen LogP contribution is 2.35. The lowest BCUT2D eigenvalue weighted by Crippen LogP contribution is -2.30. The van der Waals surface area contributed by atoms with Crippen molar-refractivity contribution in [3.8, 4) is 0 Å². The zero-order valence-electron chi connectivity index (χ0n) is 11.5. The van der Waals surface area contributed by atoms with Gasteiger partial charge in [-0.25, -0.2) is 0 Å². The van der Waals surface area contributed by atoms with Crippen LogP contribution in [0.2, 0.25) is 0 Å². The van der Waals surface area contributed by atoms with E-state index in [4.69, 9.17) is 0 Å². The lowest BCUT2D eigenvalue weighted by Gasteiger charge is -2.22. The number of aromatic nitrogens is 2. The van der Waals surface area contributed by atoms with Crippen molar-refractivity contribution >= 4 is 24.8 Å². The van der Waals surface area contributed by atoms with Gasteiger partial charge in [0.1, 0.15) is 0 Å². The molecule has 1 aromatic heterocycles. The fraction of sp³-hybridized carbons (Fsp3) is 0.769. The van der Waals surface area contributed by atoms with Gasteiger partial charge in [-0.15, -0.1) is 24.8 Å². The third-order valence-corrected chi connectivity index (χ3v) is 4.32. The van der Waals surface area contributed by atoms with E-state index >= 15 is 0 Å². The second-order valence-electron chi connectivity index (χ2n) is 5.73. The van der Waals surface area contributed by atoms with E-state index in [0.29, 0.717) is 5.41 Å². The number of halogens is 2. The molecule has 3 rings (SSSR count). The third kappa shape index (κ3) is 3.85. The maximum Gasteiger partial charge on any atom is 0.0522 e. The Kier molecular flexibility index (Phi) is 6.12. The van der Waals surface area contributed by atoms with E-state index in [1.165, 1.54) is 51.1 Å². The Hall–Kier alpha value is -0.290. The van der Waals surface area contributed by atoms with Gasteiger partial charge in [0.25, 0.3) is 0 Å². The minimum Gasteiger partial charge on any atom is -0.316 e. The van der Waals surface area contributed by atoms with Gasteiger partial charge >= 0.3 is 0 Å². The summed E-state index contributed by atoms with van der Waals surface area (Å²) in [5.41, 5.74) is 1.97. The number of hydrogen-bond acceptors (Lipinski definition) is 3. The zero-order chi connectivity index (χ0) is 11.7. The molecule has 2 aliphatic rings. The largest absolute Gasteiger partial charge is 0.316 e. The SMILES string of the molecule is Cl.Cl.Cn1cc(CCN2CCC3(CCNC3)C2)cn1. The predicted molar refractivity (Wildman–Crippen MR) is 82.4 cm³/mol. The van der Waals surface area contributed by atoms with Gasteiger partial charge < -0.3 is 10.2 Å². The van der Waals surface area contributed by atoms with Crippen LogP contribution in [-0.4, -0.2) is 47.4 Å². The minimum absolute atomic E-state index is 0. The van der Waals surface area contributed by atoms with E-state index in [1.807, 2.05) is 17.9 Å². The summed E-state index contributed by atoms with van der Waals surface area (Å²) in [5.74, 6) is 0. The molecule has 19 heavy (non-hydrogen) atoms. The standard InChI is InChI=1S/C13H22N4.2ClH/c1-16-9-12(8-15-16)2-6-17-7-4-13(11-17)3-5-14-10-13;;/h8-9,14H,2-7,10-11H2,1H3;2*1H. The molecule has 1 spiro atoms. The molecule has 4 nitrogen and oxygen atoms in total. The Morgan fingerprint density at radius 1 is 1.37 bits per heavy atom. The monoisotopic (exact) mass is 306 g/mol. The summed E-state index contributed by atoms with van der Waals surface area (Å²) >= 11 is 0. The van der Waals surface area contributed by atoms with Gasteiger partial charge in [0, 0.05) is 32.9 Å². The van der Waals surface area contributed by atoms with Crippen LogP contribution < -0.4 is 5.32 Å². The molecule has 0 amide bonds. The van der Waals surface area contributed by atoms with E-state index in [-0.39, 0.29) is 24.8 Å². The van der Waals surface area contributed by atoms with Gasteiger partial charge in [-0.05, 0) is 43.3 Å². The number of rotatable bonds is 3. The lowest BCUT2D eigenvalue weighted by molar-refractivity contribution is 0.277. The average molecular weight is 307 g/mol. The fourth-order valence-corrected chi connectivity index (χ4v) is 3.25. The van der Waals surface area contributed by atoms with Crippen molar-refractivity contribution in [3.05, 3.63) is 18.0 Å². The van der Waals surface area contributed by atoms with E-state index in [2.05, 4.69) is 21.5 Å². The summed E-state index contributed by atoms with van der Waals surface area (Å²) in [7, 11) is 1.98. The minimum atomic E-state index is 0. The number of likely N-dealkylation sites (tertiary alicyclic amines) is 1. The second-order valence-corrected chi connectivity index (χ2v) is 5.73. The average Bonchev–Trinajstić information content (AvgIpc) is 3.01. The van der Waals surface area contributed by atoms with Crippen LogP contribution >= 0.6 is 24.8 Å². The summed E-state index contributed by atoms with van der Waals surface area (Å²) in [6, 6.07) is 0. The third-order valence-electron chi connectivity index (χ3n) is 4.32. The first-order valence-electron chi connectivity index (χ1n) is 6.66. The predicted octanol–water partition coefficient (Wildman–Crippen LogP) is 1.49. The van der Waals surface area contributed by atoms with Gasteiger partial charge in [0.15, 0.2) is 0 Å². The Morgan fingerprint density at radius 2 is 2.21 bits per heavy atom. The van der Waals surface area contributed by atoms with Gasteiger partial charge in [0.2, 0.25) is 0 Å². The van der Waals surface area contributed by atoms with Crippen molar-refractivity contribution in [2.75, 3.05) is 32.7 Å². The van der Waals surface area contributed by atoms with Gasteiger partial charge in [-0.3, -0.25) is 4.68 Å². The summed E-state index contributed by atoms with van der Waals surface area (Å²) in [6.07, 6.45) is 8.01. The normalized spacial score (nSPS) is 26.4. The van der Waals surface area contributed by atoms with Crippen molar-refractivity contribution in [2.45, 2.75) is 19.3 Å². The molecule has 0 saturated carbocycles. The molecule has 0 bridgehead atoms. The Morgan fingerprint density at radius 3 is 2.84 bits per heavy atom. The van der Waals surface area contributed by atoms with E-state index in [9.17, 15) is 0 Å². The van der Waals surface area contributed by atoms with Crippen molar-refractivity contribution < 1.29 is 0 Å². The number of nitrogens with one attached hydrogen (secondary N) is 1. The zero-order valence-corrected chi connectivity index (χ0v) is 13.1. The molecule has 0 radical (unpaired) electrons. The molecule has 6 heteroatoms. The summed E-state index contributed by atoms with van der Waals surface area (Å²) in [5, 5.41) is 7.73. The summed E-state index contributed by atoms with van der Waals surface area (Å²) in [6.45, 7) is 6.21. The first-order chi connectivity index (χ1) is 8.26. The molecule has 1 atom stereocenters. The molecule has 2 aliphatic heterocycles. The Balaban J connectivity index is 0.000000902. The molecule has 2 fully saturated rings. The van der Waals surface area contributed by atoms with Crippen LogP contribution in [0.3, 0.4) is 0 Å². The maximum absolute atomic E-state index is 4.22. The molecular weight excluding hydrogens is 283 g/mol. The molecule has 1 unspecified atom stereocenters. The van der Waals surface area contributed by atoms with Crippen molar-refractivity contribution in [2.24, 2.45) is 12.5 Å². The molecule has 1 aromatic rings. The Labute approximate surface area is 127 Å². The molecule has 0 aliphatic carbocycles. The highest BCUT2D eigenvalue weighted by atomic mass is 35.5. The maximum atomic E-state index is 4.22. The first-order valence-corrected chi connectivity index (χ1v) is 6.66. The van der Waals surface area contributed by atoms with E-state index < -0.39 is 0 Å². The van der Waals surface area contributed by atoms with Gasteiger partial charge in [0.05, 0.1) is 6.20 Å². The number of aryl methyl sites for hydroxylation is 1. The molecular formula is C13H24Cl2N4. The van der Waals surface area contributed by atoms with Crippen LogP contribution in [0.1, 0.15) is 18.4 Å². The van der Waals surface area contributed by atoms with Gasteiger partial charge in [-0.1, -0.05) is 0 Å². The highest BCUT2D eigenvalue weighted by Gasteiger charge is 2.39. The molecule has 2 saturated heterocycles. The van der Waals surface area contributed by atoms with E-state index in [1.54, 1.807) is 0 Å². The highest BCUT2D eigenvalue weighted by molar-refractivity contribution is 5.85. The smallest absolute Gasteiger partial charge is 0.0522 e. The van der Waals surface area contributed by atoms with Crippen LogP contribution in [0.4, 0.5) is 0 Å². The van der Waals surface area contributed by atoms with Crippen LogP contribution in [0.25, 0.3) is 0 Å². The van der Waals surface area contributed by atoms with Crippen LogP contribution in [-0.2, 0) is 13.5 Å². The molecule has 3 heterocycles. The number of hydrogen-bond donors (Lipinski definition) is 1. The van der Waals surface area contributed by atoms with Crippen LogP contribution in [0.5, 0.6) is 0 Å². The van der Waals surface area contributed by atoms with Crippen molar-refractivity contribution in [1.29, 1.82) is 0 Å². The van der Waals surface area contributed by atoms with Crippen molar-refractivity contribution in [3.63, 3.8) is 0 Å². The summed E-state index contributed by atoms with van der Waals surface area (Å²) < 4.78 is 1.89. The summed E-state index contributed by atoms with van der Waals surface area (Å²) in [4.78, 5) is 2.62. The van der Waals surface area contributed by atoms with E-state index in [0.717, 1.165) is 6.42 Å².